The summed E-state index contributed by atoms with van der Waals surface area (Å²) in [5, 5.41) is 20.5. The Balaban J connectivity index is 1.75. The van der Waals surface area contributed by atoms with Gasteiger partial charge in [0.25, 0.3) is 0 Å². The van der Waals surface area contributed by atoms with Crippen LogP contribution in [-0.4, -0.2) is 41.0 Å². The quantitative estimate of drug-likeness (QED) is 0.594. The van der Waals surface area contributed by atoms with Crippen LogP contribution >= 0.6 is 11.8 Å². The van der Waals surface area contributed by atoms with Gasteiger partial charge in [-0.1, -0.05) is 19.3 Å². The Morgan fingerprint density at radius 1 is 1.41 bits per heavy atom. The molecule has 2 fully saturated rings. The van der Waals surface area contributed by atoms with E-state index in [0.29, 0.717) is 18.4 Å². The van der Waals surface area contributed by atoms with Crippen molar-refractivity contribution in [3.8, 4) is 6.07 Å². The molecule has 0 aromatic rings. The SMILES string of the molecule is N#C[C@@H]1CSCN1C(=N)CNC1CCCCC1. The number of nitrogens with zero attached hydrogens (tertiary/aromatic N) is 2. The zero-order valence-corrected chi connectivity index (χ0v) is 10.9. The fourth-order valence-corrected chi connectivity index (χ4v) is 3.58. The average Bonchev–Trinajstić information content (AvgIpc) is 2.85. The van der Waals surface area contributed by atoms with E-state index in [9.17, 15) is 0 Å². The maximum absolute atomic E-state index is 8.98. The van der Waals surface area contributed by atoms with Gasteiger partial charge in [-0.25, -0.2) is 0 Å². The molecule has 0 aromatic carbocycles. The molecule has 2 rings (SSSR count). The number of thioether (sulfide) groups is 1. The summed E-state index contributed by atoms with van der Waals surface area (Å²) in [4.78, 5) is 1.92. The van der Waals surface area contributed by atoms with Gasteiger partial charge in [0.15, 0.2) is 0 Å². The van der Waals surface area contributed by atoms with Crippen LogP contribution in [0.1, 0.15) is 32.1 Å². The number of nitrogens with one attached hydrogen (secondary N) is 2. The van der Waals surface area contributed by atoms with Crippen molar-refractivity contribution in [2.24, 2.45) is 0 Å². The minimum absolute atomic E-state index is 0.0966. The van der Waals surface area contributed by atoms with E-state index in [4.69, 9.17) is 10.7 Å². The molecule has 1 aliphatic carbocycles. The highest BCUT2D eigenvalue weighted by Crippen LogP contribution is 2.21. The zero-order chi connectivity index (χ0) is 12.1. The van der Waals surface area contributed by atoms with Gasteiger partial charge in [0, 0.05) is 11.8 Å². The van der Waals surface area contributed by atoms with Crippen molar-refractivity contribution in [3.63, 3.8) is 0 Å². The lowest BCUT2D eigenvalue weighted by atomic mass is 9.95. The van der Waals surface area contributed by atoms with Crippen molar-refractivity contribution in [2.45, 2.75) is 44.2 Å². The molecule has 0 unspecified atom stereocenters. The van der Waals surface area contributed by atoms with Crippen molar-refractivity contribution in [1.29, 1.82) is 10.7 Å². The molecule has 1 heterocycles. The maximum atomic E-state index is 8.98. The smallest absolute Gasteiger partial charge is 0.127 e. The summed E-state index contributed by atoms with van der Waals surface area (Å²) in [6.45, 7) is 0.614. The van der Waals surface area contributed by atoms with Crippen LogP contribution in [0.4, 0.5) is 0 Å². The lowest BCUT2D eigenvalue weighted by molar-refractivity contribution is 0.378. The second-order valence-corrected chi connectivity index (χ2v) is 5.78. The molecule has 2 aliphatic rings. The van der Waals surface area contributed by atoms with Gasteiger partial charge >= 0.3 is 0 Å². The average molecular weight is 252 g/mol. The van der Waals surface area contributed by atoms with Gasteiger partial charge < -0.3 is 10.2 Å². The topological polar surface area (TPSA) is 62.9 Å². The first-order valence-corrected chi connectivity index (χ1v) is 7.51. The van der Waals surface area contributed by atoms with E-state index >= 15 is 0 Å². The van der Waals surface area contributed by atoms with E-state index in [1.807, 2.05) is 4.90 Å². The minimum atomic E-state index is -0.0966. The molecule has 5 heteroatoms. The van der Waals surface area contributed by atoms with Gasteiger partial charge in [-0.2, -0.15) is 5.26 Å². The predicted molar refractivity (Wildman–Crippen MR) is 71.2 cm³/mol. The van der Waals surface area contributed by atoms with Crippen LogP contribution in [0.2, 0.25) is 0 Å². The van der Waals surface area contributed by atoms with Crippen LogP contribution in [0.3, 0.4) is 0 Å². The molecule has 0 radical (unpaired) electrons. The Bertz CT molecular complexity index is 306. The van der Waals surface area contributed by atoms with E-state index in [1.54, 1.807) is 11.8 Å². The molecule has 17 heavy (non-hydrogen) atoms. The van der Waals surface area contributed by atoms with E-state index < -0.39 is 0 Å². The third-order valence-corrected chi connectivity index (χ3v) is 4.55. The highest BCUT2D eigenvalue weighted by molar-refractivity contribution is 7.99. The Labute approximate surface area is 107 Å². The second kappa shape index (κ2) is 6.27. The first kappa shape index (κ1) is 12.7. The van der Waals surface area contributed by atoms with Crippen LogP contribution < -0.4 is 5.32 Å². The van der Waals surface area contributed by atoms with Gasteiger partial charge in [-0.3, -0.25) is 5.41 Å². The van der Waals surface area contributed by atoms with Crippen LogP contribution in [0.15, 0.2) is 0 Å². The number of nitriles is 1. The molecule has 2 N–H and O–H groups in total. The Morgan fingerprint density at radius 2 is 2.18 bits per heavy atom. The summed E-state index contributed by atoms with van der Waals surface area (Å²) in [5.74, 6) is 2.21. The highest BCUT2D eigenvalue weighted by atomic mass is 32.2. The first-order chi connectivity index (χ1) is 8.31. The Hall–Kier alpha value is -0.730. The van der Waals surface area contributed by atoms with Crippen molar-refractivity contribution < 1.29 is 0 Å². The van der Waals surface area contributed by atoms with Gasteiger partial charge in [-0.15, -0.1) is 11.8 Å². The third-order valence-electron chi connectivity index (χ3n) is 3.54. The first-order valence-electron chi connectivity index (χ1n) is 6.36. The molecular formula is C12H20N4S. The van der Waals surface area contributed by atoms with Gasteiger partial charge in [0.1, 0.15) is 11.9 Å². The fourth-order valence-electron chi connectivity index (χ4n) is 2.46. The predicted octanol–water partition coefficient (Wildman–Crippen LogP) is 1.78. The summed E-state index contributed by atoms with van der Waals surface area (Å²) in [7, 11) is 0. The monoisotopic (exact) mass is 252 g/mol. The van der Waals surface area contributed by atoms with E-state index in [1.165, 1.54) is 32.1 Å². The summed E-state index contributed by atoms with van der Waals surface area (Å²) < 4.78 is 0. The molecule has 0 aromatic heterocycles. The fraction of sp³-hybridized carbons (Fsp3) is 0.833. The Morgan fingerprint density at radius 3 is 2.88 bits per heavy atom. The largest absolute Gasteiger partial charge is 0.333 e. The van der Waals surface area contributed by atoms with Crippen molar-refractivity contribution in [1.82, 2.24) is 10.2 Å². The van der Waals surface area contributed by atoms with Crippen LogP contribution in [0, 0.1) is 16.7 Å². The standard InChI is InChI=1S/C12H20N4S/c13-6-11-8-17-9-16(11)12(14)7-15-10-4-2-1-3-5-10/h10-11,14-15H,1-5,7-9H2/t11-/m1/s1. The van der Waals surface area contributed by atoms with Crippen molar-refractivity contribution in [3.05, 3.63) is 0 Å². The highest BCUT2D eigenvalue weighted by Gasteiger charge is 2.27. The number of hydrogen-bond acceptors (Lipinski definition) is 4. The Kier molecular flexibility index (Phi) is 4.69. The van der Waals surface area contributed by atoms with Crippen molar-refractivity contribution >= 4 is 17.6 Å². The molecule has 0 amide bonds. The van der Waals surface area contributed by atoms with E-state index in [2.05, 4.69) is 11.4 Å². The molecule has 4 nitrogen and oxygen atoms in total. The normalized spacial score (nSPS) is 25.8. The van der Waals surface area contributed by atoms with Gasteiger partial charge in [0.2, 0.25) is 0 Å². The van der Waals surface area contributed by atoms with E-state index in [0.717, 1.165) is 11.6 Å². The van der Waals surface area contributed by atoms with Gasteiger partial charge in [-0.05, 0) is 12.8 Å². The zero-order valence-electron chi connectivity index (χ0n) is 10.1. The van der Waals surface area contributed by atoms with Crippen LogP contribution in [0.5, 0.6) is 0 Å². The third kappa shape index (κ3) is 3.36. The number of amidine groups is 1. The lowest BCUT2D eigenvalue weighted by Crippen LogP contribution is -2.43. The van der Waals surface area contributed by atoms with Crippen LogP contribution in [0.25, 0.3) is 0 Å². The van der Waals surface area contributed by atoms with Crippen LogP contribution in [-0.2, 0) is 0 Å². The maximum Gasteiger partial charge on any atom is 0.127 e. The molecule has 94 valence electrons. The molecular weight excluding hydrogens is 232 g/mol. The summed E-state index contributed by atoms with van der Waals surface area (Å²) in [6.07, 6.45) is 6.46. The lowest BCUT2D eigenvalue weighted by Gasteiger charge is -2.26. The van der Waals surface area contributed by atoms with Gasteiger partial charge in [0.05, 0.1) is 18.5 Å². The summed E-state index contributed by atoms with van der Waals surface area (Å²) in [5.41, 5.74) is 0. The molecule has 1 saturated carbocycles. The number of hydrogen-bond donors (Lipinski definition) is 2. The molecule has 1 aliphatic heterocycles. The van der Waals surface area contributed by atoms with E-state index in [-0.39, 0.29) is 6.04 Å². The summed E-state index contributed by atoms with van der Waals surface area (Å²) >= 11 is 1.74. The number of rotatable bonds is 3. The van der Waals surface area contributed by atoms with Crippen molar-refractivity contribution in [2.75, 3.05) is 18.2 Å². The minimum Gasteiger partial charge on any atom is -0.333 e. The second-order valence-electron chi connectivity index (χ2n) is 4.78. The molecule has 1 saturated heterocycles. The molecule has 1 atom stereocenters. The molecule has 0 spiro atoms. The summed E-state index contributed by atoms with van der Waals surface area (Å²) in [6, 6.07) is 2.76. The molecule has 0 bridgehead atoms.